The molecule has 1 aliphatic rings. The number of carbonyl (C=O) groups excluding carboxylic acids is 3. The first kappa shape index (κ1) is 24.6. The second-order valence-electron chi connectivity index (χ2n) is 8.04. The molecule has 6 nitrogen and oxygen atoms in total. The van der Waals surface area contributed by atoms with E-state index < -0.39 is 6.04 Å². The molecule has 0 radical (unpaired) electrons. The maximum absolute atomic E-state index is 13.8. The molecule has 0 aliphatic carbocycles. The second-order valence-corrected chi connectivity index (χ2v) is 8.88. The average molecular weight is 509 g/mol. The number of fused-ring (bicyclic) bond motifs is 1. The highest BCUT2D eigenvalue weighted by atomic mass is 35.5. The van der Waals surface area contributed by atoms with Crippen LogP contribution in [-0.2, 0) is 11.2 Å². The fourth-order valence-corrected chi connectivity index (χ4v) is 4.63. The summed E-state index contributed by atoms with van der Waals surface area (Å²) >= 11 is 12.3. The summed E-state index contributed by atoms with van der Waals surface area (Å²) in [5, 5.41) is 3.69. The van der Waals surface area contributed by atoms with Gasteiger partial charge in [-0.1, -0.05) is 35.3 Å². The Balaban J connectivity index is 1.69. The first-order valence-corrected chi connectivity index (χ1v) is 11.8. The Morgan fingerprint density at radius 1 is 1.09 bits per heavy atom. The lowest BCUT2D eigenvalue weighted by molar-refractivity contribution is 0.0977. The van der Waals surface area contributed by atoms with Crippen LogP contribution in [0.15, 0.2) is 66.7 Å². The van der Waals surface area contributed by atoms with Crippen LogP contribution in [0, 0.1) is 0 Å². The summed E-state index contributed by atoms with van der Waals surface area (Å²) in [7, 11) is 1.45. The van der Waals surface area contributed by atoms with Gasteiger partial charge in [0.1, 0.15) is 11.7 Å². The maximum Gasteiger partial charge on any atom is 0.262 e. The summed E-state index contributed by atoms with van der Waals surface area (Å²) in [5.41, 5.74) is 2.67. The summed E-state index contributed by atoms with van der Waals surface area (Å²) in [5.74, 6) is 1.39. The van der Waals surface area contributed by atoms with Gasteiger partial charge in [-0.3, -0.25) is 9.59 Å². The van der Waals surface area contributed by atoms with Crippen molar-refractivity contribution in [1.82, 2.24) is 0 Å². The van der Waals surface area contributed by atoms with Gasteiger partial charge in [0, 0.05) is 28.5 Å². The molecule has 178 valence electrons. The number of halogens is 2. The number of ether oxygens (including phenoxy) is 1. The van der Waals surface area contributed by atoms with E-state index in [1.165, 1.54) is 13.2 Å². The maximum atomic E-state index is 13.8. The van der Waals surface area contributed by atoms with Crippen LogP contribution < -0.4 is 15.0 Å². The van der Waals surface area contributed by atoms with Crippen LogP contribution in [0.1, 0.15) is 39.1 Å². The molecule has 0 saturated carbocycles. The highest BCUT2D eigenvalue weighted by molar-refractivity contribution is 6.34. The first-order chi connectivity index (χ1) is 16.9. The number of nitrogens with one attached hydrogen (secondary N) is 1. The van der Waals surface area contributed by atoms with E-state index in [0.717, 1.165) is 18.4 Å². The lowest BCUT2D eigenvalue weighted by Crippen LogP contribution is -2.39. The van der Waals surface area contributed by atoms with Crippen molar-refractivity contribution in [1.29, 1.82) is 0 Å². The van der Waals surface area contributed by atoms with Gasteiger partial charge in [0.05, 0.1) is 29.3 Å². The Hall–Kier alpha value is -3.57. The van der Waals surface area contributed by atoms with Crippen LogP contribution in [0.2, 0.25) is 10.0 Å². The molecule has 35 heavy (non-hydrogen) atoms. The van der Waals surface area contributed by atoms with Gasteiger partial charge in [0.2, 0.25) is 0 Å². The molecule has 2 amide bonds. The van der Waals surface area contributed by atoms with Gasteiger partial charge in [-0.25, -0.2) is 4.79 Å². The molecule has 3 aromatic carbocycles. The lowest BCUT2D eigenvalue weighted by Gasteiger charge is -2.29. The SMILES string of the molecule is COc1cc(NC(=O)c2ccccc2Cl)ccc1C(=O)N1c2ccc(Cl)cc2CCCC1C=C=O. The zero-order valence-electron chi connectivity index (χ0n) is 18.9. The van der Waals surface area contributed by atoms with Crippen molar-refractivity contribution < 1.29 is 19.1 Å². The van der Waals surface area contributed by atoms with E-state index in [-0.39, 0.29) is 23.1 Å². The Labute approximate surface area is 213 Å². The van der Waals surface area contributed by atoms with Crippen molar-refractivity contribution >= 4 is 52.3 Å². The normalized spacial score (nSPS) is 14.8. The zero-order valence-corrected chi connectivity index (χ0v) is 20.4. The Bertz CT molecular complexity index is 1330. The molecule has 1 aliphatic heterocycles. The molecule has 0 aromatic heterocycles. The molecule has 1 N–H and O–H groups in total. The molecule has 1 atom stereocenters. The molecule has 1 heterocycles. The summed E-state index contributed by atoms with van der Waals surface area (Å²) in [6, 6.07) is 16.4. The lowest BCUT2D eigenvalue weighted by atomic mass is 10.1. The standard InChI is InChI=1S/C27H22Cl2N2O4/c1-35-25-16-19(30-26(33)21-7-2-3-8-23(21)29)10-11-22(25)27(34)31-20(13-14-32)6-4-5-17-15-18(28)9-12-24(17)31/h2-3,7-13,15-16,20H,4-6H2,1H3,(H,30,33). The molecule has 0 bridgehead atoms. The van der Waals surface area contributed by atoms with Crippen molar-refractivity contribution in [2.45, 2.75) is 25.3 Å². The van der Waals surface area contributed by atoms with E-state index in [1.54, 1.807) is 59.5 Å². The second kappa shape index (κ2) is 10.8. The summed E-state index contributed by atoms with van der Waals surface area (Å²) < 4.78 is 5.51. The fourth-order valence-electron chi connectivity index (χ4n) is 4.21. The number of carbonyl (C=O) groups is 2. The van der Waals surface area contributed by atoms with Crippen LogP contribution in [0.25, 0.3) is 0 Å². The van der Waals surface area contributed by atoms with E-state index in [0.29, 0.717) is 33.4 Å². The minimum atomic E-state index is -0.466. The Morgan fingerprint density at radius 3 is 2.63 bits per heavy atom. The largest absolute Gasteiger partial charge is 0.496 e. The number of hydrogen-bond donors (Lipinski definition) is 1. The fraction of sp³-hybridized carbons (Fsp3) is 0.185. The van der Waals surface area contributed by atoms with Crippen molar-refractivity contribution in [3.8, 4) is 5.75 Å². The topological polar surface area (TPSA) is 75.7 Å². The number of rotatable bonds is 5. The summed E-state index contributed by atoms with van der Waals surface area (Å²) in [6.45, 7) is 0. The Morgan fingerprint density at radius 2 is 1.89 bits per heavy atom. The minimum absolute atomic E-state index is 0.278. The van der Waals surface area contributed by atoms with Gasteiger partial charge in [0.15, 0.2) is 0 Å². The zero-order chi connectivity index (χ0) is 24.9. The predicted molar refractivity (Wildman–Crippen MR) is 138 cm³/mol. The predicted octanol–water partition coefficient (Wildman–Crippen LogP) is 5.99. The van der Waals surface area contributed by atoms with Gasteiger partial charge in [-0.2, -0.15) is 0 Å². The quantitative estimate of drug-likeness (QED) is 0.429. The number of methoxy groups -OCH3 is 1. The number of nitrogens with zero attached hydrogens (tertiary/aromatic N) is 1. The van der Waals surface area contributed by atoms with Gasteiger partial charge in [-0.15, -0.1) is 0 Å². The van der Waals surface area contributed by atoms with E-state index in [4.69, 9.17) is 27.9 Å². The van der Waals surface area contributed by atoms with Gasteiger partial charge >= 0.3 is 0 Å². The van der Waals surface area contributed by atoms with E-state index in [1.807, 2.05) is 12.0 Å². The molecule has 0 spiro atoms. The molecular formula is C27H22Cl2N2O4. The monoisotopic (exact) mass is 508 g/mol. The molecule has 8 heteroatoms. The van der Waals surface area contributed by atoms with E-state index >= 15 is 0 Å². The highest BCUT2D eigenvalue weighted by Gasteiger charge is 2.31. The van der Waals surface area contributed by atoms with Gasteiger partial charge in [-0.05, 0) is 67.3 Å². The average Bonchev–Trinajstić information content (AvgIpc) is 3.02. The van der Waals surface area contributed by atoms with Crippen molar-refractivity contribution in [2.75, 3.05) is 17.3 Å². The van der Waals surface area contributed by atoms with Crippen LogP contribution in [0.4, 0.5) is 11.4 Å². The summed E-state index contributed by atoms with van der Waals surface area (Å²) in [6.07, 6.45) is 3.48. The highest BCUT2D eigenvalue weighted by Crippen LogP contribution is 2.35. The van der Waals surface area contributed by atoms with Crippen molar-refractivity contribution in [3.63, 3.8) is 0 Å². The van der Waals surface area contributed by atoms with Gasteiger partial charge in [0.25, 0.3) is 11.8 Å². The Kier molecular flexibility index (Phi) is 7.57. The third-order valence-electron chi connectivity index (χ3n) is 5.87. The van der Waals surface area contributed by atoms with E-state index in [2.05, 4.69) is 5.32 Å². The van der Waals surface area contributed by atoms with Crippen LogP contribution in [-0.4, -0.2) is 30.9 Å². The minimum Gasteiger partial charge on any atom is -0.496 e. The number of benzene rings is 3. The summed E-state index contributed by atoms with van der Waals surface area (Å²) in [4.78, 5) is 39.3. The molecule has 0 fully saturated rings. The number of anilines is 2. The van der Waals surface area contributed by atoms with Crippen LogP contribution in [0.5, 0.6) is 5.75 Å². The third kappa shape index (κ3) is 5.25. The van der Waals surface area contributed by atoms with E-state index in [9.17, 15) is 14.4 Å². The van der Waals surface area contributed by atoms with Crippen molar-refractivity contribution in [2.24, 2.45) is 0 Å². The molecule has 3 aromatic rings. The molecule has 1 unspecified atom stereocenters. The molecular weight excluding hydrogens is 487 g/mol. The first-order valence-electron chi connectivity index (χ1n) is 11.0. The number of hydrogen-bond acceptors (Lipinski definition) is 4. The third-order valence-corrected chi connectivity index (χ3v) is 6.43. The number of amides is 2. The molecule has 4 rings (SSSR count). The van der Waals surface area contributed by atoms with Crippen LogP contribution in [0.3, 0.4) is 0 Å². The molecule has 0 saturated heterocycles. The van der Waals surface area contributed by atoms with Crippen LogP contribution >= 0.6 is 23.2 Å². The number of aryl methyl sites for hydroxylation is 1. The smallest absolute Gasteiger partial charge is 0.262 e. The van der Waals surface area contributed by atoms with Crippen molar-refractivity contribution in [3.05, 3.63) is 93.5 Å². The van der Waals surface area contributed by atoms with Gasteiger partial charge < -0.3 is 15.0 Å².